The molecular weight excluding hydrogens is 224 g/mol. The van der Waals surface area contributed by atoms with E-state index in [4.69, 9.17) is 10.6 Å². The van der Waals surface area contributed by atoms with Gasteiger partial charge in [0.15, 0.2) is 5.82 Å². The van der Waals surface area contributed by atoms with Crippen molar-refractivity contribution in [3.63, 3.8) is 0 Å². The molecule has 16 heavy (non-hydrogen) atoms. The van der Waals surface area contributed by atoms with Crippen LogP contribution in [-0.4, -0.2) is 23.2 Å². The van der Waals surface area contributed by atoms with Crippen molar-refractivity contribution in [2.75, 3.05) is 18.6 Å². The number of hydrogen-bond donors (Lipinski definition) is 2. The minimum atomic E-state index is 0.636. The van der Waals surface area contributed by atoms with E-state index in [0.717, 1.165) is 16.0 Å². The van der Waals surface area contributed by atoms with Crippen LogP contribution in [-0.2, 0) is 11.2 Å². The highest BCUT2D eigenvalue weighted by molar-refractivity contribution is 7.16. The van der Waals surface area contributed by atoms with Crippen LogP contribution in [0.2, 0.25) is 0 Å². The normalized spacial score (nSPS) is 10.9. The molecule has 0 aliphatic rings. The van der Waals surface area contributed by atoms with E-state index in [1.807, 2.05) is 18.4 Å². The lowest BCUT2D eigenvalue weighted by molar-refractivity contribution is 0.149. The first-order valence-corrected chi connectivity index (χ1v) is 6.01. The zero-order valence-electron chi connectivity index (χ0n) is 9.06. The van der Waals surface area contributed by atoms with Gasteiger partial charge in [-0.1, -0.05) is 0 Å². The van der Waals surface area contributed by atoms with Gasteiger partial charge in [0, 0.05) is 13.0 Å². The molecule has 6 heteroatoms. The number of anilines is 1. The summed E-state index contributed by atoms with van der Waals surface area (Å²) in [6.45, 7) is 3.32. The maximum absolute atomic E-state index is 5.43. The molecule has 2 rings (SSSR count). The number of nitrogen functional groups attached to an aromatic ring is 1. The number of ether oxygens (including phenoxy) is 1. The van der Waals surface area contributed by atoms with Gasteiger partial charge in [0.25, 0.3) is 0 Å². The summed E-state index contributed by atoms with van der Waals surface area (Å²) in [5.74, 6) is 6.87. The molecule has 5 nitrogen and oxygen atoms in total. The topological polar surface area (TPSA) is 73.1 Å². The fourth-order valence-corrected chi connectivity index (χ4v) is 2.21. The number of hydrogen-bond acceptors (Lipinski definition) is 6. The van der Waals surface area contributed by atoms with Crippen molar-refractivity contribution in [3.8, 4) is 0 Å². The molecule has 0 aliphatic carbocycles. The van der Waals surface area contributed by atoms with Crippen molar-refractivity contribution in [2.45, 2.75) is 13.3 Å². The first-order valence-electron chi connectivity index (χ1n) is 5.13. The summed E-state index contributed by atoms with van der Waals surface area (Å²) in [5, 5.41) is 2.94. The molecule has 2 aromatic rings. The molecular formula is C10H14N4OS. The van der Waals surface area contributed by atoms with Gasteiger partial charge in [-0.25, -0.2) is 15.8 Å². The van der Waals surface area contributed by atoms with Crippen LogP contribution in [0.15, 0.2) is 11.4 Å². The van der Waals surface area contributed by atoms with Gasteiger partial charge in [0.2, 0.25) is 0 Å². The van der Waals surface area contributed by atoms with Gasteiger partial charge < -0.3 is 10.2 Å². The summed E-state index contributed by atoms with van der Waals surface area (Å²) in [6.07, 6.45) is 0.705. The van der Waals surface area contributed by atoms with Crippen LogP contribution in [0.25, 0.3) is 10.2 Å². The summed E-state index contributed by atoms with van der Waals surface area (Å²) < 4.78 is 5.28. The fourth-order valence-electron chi connectivity index (χ4n) is 1.43. The minimum absolute atomic E-state index is 0.636. The molecule has 0 aliphatic heterocycles. The second-order valence-corrected chi connectivity index (χ2v) is 4.11. The first-order chi connectivity index (χ1) is 7.85. The summed E-state index contributed by atoms with van der Waals surface area (Å²) >= 11 is 1.58. The smallest absolute Gasteiger partial charge is 0.152 e. The Morgan fingerprint density at radius 3 is 3.12 bits per heavy atom. The molecule has 3 N–H and O–H groups in total. The third kappa shape index (κ3) is 2.29. The minimum Gasteiger partial charge on any atom is -0.381 e. The maximum atomic E-state index is 5.43. The van der Waals surface area contributed by atoms with E-state index in [1.54, 1.807) is 11.3 Å². The van der Waals surface area contributed by atoms with Crippen LogP contribution in [0, 0.1) is 0 Å². The molecule has 0 spiro atoms. The number of hydrazine groups is 1. The fraction of sp³-hybridized carbons (Fsp3) is 0.400. The first kappa shape index (κ1) is 11.3. The summed E-state index contributed by atoms with van der Waals surface area (Å²) in [5.41, 5.74) is 2.60. The standard InChI is InChI=1S/C10H14N4OS/c1-2-15-5-3-8-12-9(14-11)7-4-6-16-10(7)13-8/h4,6H,2-3,5,11H2,1H3,(H,12,13,14). The van der Waals surface area contributed by atoms with E-state index in [0.29, 0.717) is 25.5 Å². The highest BCUT2D eigenvalue weighted by atomic mass is 32.1. The molecule has 0 aromatic carbocycles. The monoisotopic (exact) mass is 238 g/mol. The average Bonchev–Trinajstić information content (AvgIpc) is 2.76. The lowest BCUT2D eigenvalue weighted by Crippen LogP contribution is -2.11. The molecule has 0 atom stereocenters. The molecule has 0 bridgehead atoms. The molecule has 2 heterocycles. The van der Waals surface area contributed by atoms with Crippen LogP contribution in [0.3, 0.4) is 0 Å². The van der Waals surface area contributed by atoms with Gasteiger partial charge in [-0.3, -0.25) is 0 Å². The van der Waals surface area contributed by atoms with Gasteiger partial charge in [-0.15, -0.1) is 11.3 Å². The Labute approximate surface area is 97.6 Å². The predicted octanol–water partition coefficient (Wildman–Crippen LogP) is 1.56. The van der Waals surface area contributed by atoms with E-state index < -0.39 is 0 Å². The van der Waals surface area contributed by atoms with E-state index in [-0.39, 0.29) is 0 Å². The Morgan fingerprint density at radius 2 is 2.38 bits per heavy atom. The highest BCUT2D eigenvalue weighted by Crippen LogP contribution is 2.24. The summed E-state index contributed by atoms with van der Waals surface area (Å²) in [4.78, 5) is 9.74. The molecule has 0 radical (unpaired) electrons. The third-order valence-corrected chi connectivity index (χ3v) is 2.99. The number of nitrogens with two attached hydrogens (primary N) is 1. The number of nitrogens with one attached hydrogen (secondary N) is 1. The molecule has 0 fully saturated rings. The van der Waals surface area contributed by atoms with E-state index in [2.05, 4.69) is 15.4 Å². The highest BCUT2D eigenvalue weighted by Gasteiger charge is 2.07. The van der Waals surface area contributed by atoms with Crippen LogP contribution in [0.5, 0.6) is 0 Å². The lowest BCUT2D eigenvalue weighted by atomic mass is 10.3. The van der Waals surface area contributed by atoms with E-state index in [9.17, 15) is 0 Å². The molecule has 0 saturated heterocycles. The Balaban J connectivity index is 2.25. The van der Waals surface area contributed by atoms with Crippen LogP contribution in [0.4, 0.5) is 5.82 Å². The largest absolute Gasteiger partial charge is 0.381 e. The zero-order valence-corrected chi connectivity index (χ0v) is 9.88. The Kier molecular flexibility index (Phi) is 3.66. The van der Waals surface area contributed by atoms with Crippen molar-refractivity contribution >= 4 is 27.4 Å². The SMILES string of the molecule is CCOCCc1nc(NN)c2ccsc2n1. The van der Waals surface area contributed by atoms with Gasteiger partial charge in [0.1, 0.15) is 10.7 Å². The number of thiophene rings is 1. The molecule has 0 unspecified atom stereocenters. The van der Waals surface area contributed by atoms with Crippen molar-refractivity contribution in [3.05, 3.63) is 17.3 Å². The van der Waals surface area contributed by atoms with Crippen molar-refractivity contribution in [1.82, 2.24) is 9.97 Å². The Hall–Kier alpha value is -1.24. The molecule has 2 aromatic heterocycles. The Morgan fingerprint density at radius 1 is 1.50 bits per heavy atom. The predicted molar refractivity (Wildman–Crippen MR) is 65.4 cm³/mol. The van der Waals surface area contributed by atoms with Gasteiger partial charge in [-0.2, -0.15) is 0 Å². The average molecular weight is 238 g/mol. The number of rotatable bonds is 5. The second kappa shape index (κ2) is 5.20. The zero-order chi connectivity index (χ0) is 11.4. The second-order valence-electron chi connectivity index (χ2n) is 3.22. The molecule has 0 saturated carbocycles. The summed E-state index contributed by atoms with van der Waals surface area (Å²) in [6, 6.07) is 1.96. The van der Waals surface area contributed by atoms with Gasteiger partial charge in [-0.05, 0) is 18.4 Å². The van der Waals surface area contributed by atoms with Crippen molar-refractivity contribution in [1.29, 1.82) is 0 Å². The van der Waals surface area contributed by atoms with E-state index in [1.165, 1.54) is 0 Å². The van der Waals surface area contributed by atoms with Crippen molar-refractivity contribution < 1.29 is 4.74 Å². The maximum Gasteiger partial charge on any atom is 0.152 e. The van der Waals surface area contributed by atoms with Crippen LogP contribution in [0.1, 0.15) is 12.7 Å². The quantitative estimate of drug-likeness (QED) is 0.470. The van der Waals surface area contributed by atoms with E-state index >= 15 is 0 Å². The van der Waals surface area contributed by atoms with Crippen LogP contribution < -0.4 is 11.3 Å². The number of nitrogens with zero attached hydrogens (tertiary/aromatic N) is 2. The molecule has 86 valence electrons. The number of fused-ring (bicyclic) bond motifs is 1. The van der Waals surface area contributed by atoms with Crippen LogP contribution >= 0.6 is 11.3 Å². The lowest BCUT2D eigenvalue weighted by Gasteiger charge is -2.05. The Bertz CT molecular complexity index is 471. The summed E-state index contributed by atoms with van der Waals surface area (Å²) in [7, 11) is 0. The van der Waals surface area contributed by atoms with Gasteiger partial charge in [0.05, 0.1) is 12.0 Å². The van der Waals surface area contributed by atoms with Gasteiger partial charge >= 0.3 is 0 Å². The molecule has 0 amide bonds. The van der Waals surface area contributed by atoms with Crippen molar-refractivity contribution in [2.24, 2.45) is 5.84 Å². The number of aromatic nitrogens is 2. The third-order valence-electron chi connectivity index (χ3n) is 2.18.